The molecule has 4 aromatic rings. The molecule has 1 saturated heterocycles. The first-order chi connectivity index (χ1) is 15.5. The molecule has 0 N–H and O–H groups in total. The van der Waals surface area contributed by atoms with Crippen LogP contribution in [0.15, 0.2) is 66.9 Å². The molecule has 0 atom stereocenters. The van der Waals surface area contributed by atoms with Gasteiger partial charge < -0.3 is 9.80 Å². The Balaban J connectivity index is 1.38. The molecule has 0 radical (unpaired) electrons. The molecule has 0 saturated carbocycles. The maximum absolute atomic E-state index is 13.5. The fourth-order valence-corrected chi connectivity index (χ4v) is 4.19. The third-order valence-electron chi connectivity index (χ3n) is 5.86. The van der Waals surface area contributed by atoms with Crippen LogP contribution in [-0.4, -0.2) is 52.8 Å². The van der Waals surface area contributed by atoms with E-state index in [0.717, 1.165) is 28.3 Å². The van der Waals surface area contributed by atoms with Crippen LogP contribution >= 0.6 is 0 Å². The van der Waals surface area contributed by atoms with Crippen molar-refractivity contribution in [3.8, 4) is 0 Å². The Morgan fingerprint density at radius 3 is 2.19 bits per heavy atom. The van der Waals surface area contributed by atoms with E-state index >= 15 is 0 Å². The maximum Gasteiger partial charge on any atom is 0.256 e. The van der Waals surface area contributed by atoms with Crippen molar-refractivity contribution < 1.29 is 18.4 Å². The molecule has 32 heavy (non-hydrogen) atoms. The number of piperazine rings is 1. The van der Waals surface area contributed by atoms with Crippen molar-refractivity contribution in [1.82, 2.24) is 14.8 Å². The summed E-state index contributed by atoms with van der Waals surface area (Å²) in [6, 6.07) is 16.7. The summed E-state index contributed by atoms with van der Waals surface area (Å²) in [5.41, 5.74) is 1.27. The van der Waals surface area contributed by atoms with E-state index in [9.17, 15) is 18.4 Å². The first kappa shape index (κ1) is 20.1. The number of pyridine rings is 1. The molecular weight excluding hydrogens is 412 g/mol. The minimum Gasteiger partial charge on any atom is -0.335 e. The topological polar surface area (TPSA) is 53.5 Å². The molecule has 160 valence electrons. The number of amides is 2. The average molecular weight is 431 g/mol. The van der Waals surface area contributed by atoms with Crippen LogP contribution < -0.4 is 0 Å². The standard InChI is InChI=1S/C25H19F2N3O2/c26-21-8-7-17(15-22(21)27)24(31)29-10-12-30(13-11-29)25(32)20-14-16-4-1-2-5-18(16)19-6-3-9-28-23(19)20/h1-9,14-15H,10-13H2. The lowest BCUT2D eigenvalue weighted by atomic mass is 10.00. The normalized spacial score (nSPS) is 14.2. The second kappa shape index (κ2) is 8.00. The van der Waals surface area contributed by atoms with Gasteiger partial charge in [0.1, 0.15) is 0 Å². The van der Waals surface area contributed by atoms with E-state index in [1.165, 1.54) is 6.07 Å². The van der Waals surface area contributed by atoms with Gasteiger partial charge in [-0.2, -0.15) is 0 Å². The lowest BCUT2D eigenvalue weighted by Crippen LogP contribution is -2.50. The molecule has 5 rings (SSSR count). The Kier molecular flexibility index (Phi) is 5.01. The van der Waals surface area contributed by atoms with Crippen molar-refractivity contribution in [2.45, 2.75) is 0 Å². The number of hydrogen-bond donors (Lipinski definition) is 0. The minimum atomic E-state index is -1.06. The highest BCUT2D eigenvalue weighted by molar-refractivity contribution is 6.15. The highest BCUT2D eigenvalue weighted by atomic mass is 19.2. The van der Waals surface area contributed by atoms with E-state index in [2.05, 4.69) is 4.98 Å². The van der Waals surface area contributed by atoms with Gasteiger partial charge in [-0.15, -0.1) is 0 Å². The minimum absolute atomic E-state index is 0.0911. The van der Waals surface area contributed by atoms with Crippen molar-refractivity contribution in [1.29, 1.82) is 0 Å². The Morgan fingerprint density at radius 1 is 0.750 bits per heavy atom. The van der Waals surface area contributed by atoms with E-state index in [4.69, 9.17) is 0 Å². The van der Waals surface area contributed by atoms with Gasteiger partial charge in [0.2, 0.25) is 0 Å². The number of halogens is 2. The molecule has 0 spiro atoms. The van der Waals surface area contributed by atoms with Crippen molar-refractivity contribution in [3.05, 3.63) is 89.6 Å². The molecule has 0 unspecified atom stereocenters. The van der Waals surface area contributed by atoms with Crippen molar-refractivity contribution >= 4 is 33.5 Å². The Labute approximate surface area is 182 Å². The summed E-state index contributed by atoms with van der Waals surface area (Å²) in [4.78, 5) is 33.7. The van der Waals surface area contributed by atoms with Gasteiger partial charge in [-0.3, -0.25) is 14.6 Å². The van der Waals surface area contributed by atoms with Gasteiger partial charge in [0.25, 0.3) is 11.8 Å². The Bertz CT molecular complexity index is 1360. The maximum atomic E-state index is 13.5. The monoisotopic (exact) mass is 431 g/mol. The van der Waals surface area contributed by atoms with Gasteiger partial charge in [0.05, 0.1) is 11.1 Å². The summed E-state index contributed by atoms with van der Waals surface area (Å²) in [5.74, 6) is -2.57. The number of carbonyl (C=O) groups is 2. The van der Waals surface area contributed by atoms with Crippen LogP contribution in [-0.2, 0) is 0 Å². The van der Waals surface area contributed by atoms with Crippen molar-refractivity contribution in [2.24, 2.45) is 0 Å². The van der Waals surface area contributed by atoms with E-state index in [0.29, 0.717) is 37.3 Å². The number of fused-ring (bicyclic) bond motifs is 3. The number of carbonyl (C=O) groups excluding carboxylic acids is 2. The summed E-state index contributed by atoms with van der Waals surface area (Å²) >= 11 is 0. The predicted octanol–water partition coefficient (Wildman–Crippen LogP) is 4.26. The zero-order valence-corrected chi connectivity index (χ0v) is 17.1. The second-order valence-electron chi connectivity index (χ2n) is 7.76. The molecule has 3 aromatic carbocycles. The molecule has 1 fully saturated rings. The van der Waals surface area contributed by atoms with Gasteiger partial charge in [-0.05, 0) is 41.1 Å². The molecule has 0 bridgehead atoms. The first-order valence-corrected chi connectivity index (χ1v) is 10.3. The van der Waals surface area contributed by atoms with E-state index < -0.39 is 11.6 Å². The number of rotatable bonds is 2. The van der Waals surface area contributed by atoms with Crippen LogP contribution in [0.4, 0.5) is 8.78 Å². The summed E-state index contributed by atoms with van der Waals surface area (Å²) in [6.45, 7) is 1.30. The summed E-state index contributed by atoms with van der Waals surface area (Å²) in [6.07, 6.45) is 1.67. The predicted molar refractivity (Wildman–Crippen MR) is 117 cm³/mol. The highest BCUT2D eigenvalue weighted by Gasteiger charge is 2.27. The zero-order valence-electron chi connectivity index (χ0n) is 17.1. The molecule has 0 aliphatic carbocycles. The van der Waals surface area contributed by atoms with Crippen LogP contribution in [0.5, 0.6) is 0 Å². The molecule has 1 aromatic heterocycles. The fraction of sp³-hybridized carbons (Fsp3) is 0.160. The lowest BCUT2D eigenvalue weighted by molar-refractivity contribution is 0.0536. The molecule has 5 nitrogen and oxygen atoms in total. The molecule has 2 amide bonds. The van der Waals surface area contributed by atoms with Gasteiger partial charge in [-0.1, -0.05) is 30.3 Å². The van der Waals surface area contributed by atoms with Crippen LogP contribution in [0, 0.1) is 11.6 Å². The van der Waals surface area contributed by atoms with Gasteiger partial charge in [-0.25, -0.2) is 8.78 Å². The molecule has 1 aliphatic rings. The number of hydrogen-bond acceptors (Lipinski definition) is 3. The van der Waals surface area contributed by atoms with E-state index in [1.54, 1.807) is 16.0 Å². The smallest absolute Gasteiger partial charge is 0.256 e. The highest BCUT2D eigenvalue weighted by Crippen LogP contribution is 2.28. The molecule has 2 heterocycles. The summed E-state index contributed by atoms with van der Waals surface area (Å²) < 4.78 is 26.7. The largest absolute Gasteiger partial charge is 0.335 e. The van der Waals surface area contributed by atoms with Crippen LogP contribution in [0.1, 0.15) is 20.7 Å². The SMILES string of the molecule is O=C(c1ccc(F)c(F)c1)N1CCN(C(=O)c2cc3ccccc3c3cccnc23)CC1. The van der Waals surface area contributed by atoms with Crippen molar-refractivity contribution in [2.75, 3.05) is 26.2 Å². The number of nitrogens with zero attached hydrogens (tertiary/aromatic N) is 3. The van der Waals surface area contributed by atoms with Crippen LogP contribution in [0.25, 0.3) is 21.7 Å². The third kappa shape index (κ3) is 3.45. The average Bonchev–Trinajstić information content (AvgIpc) is 2.84. The molecule has 1 aliphatic heterocycles. The quantitative estimate of drug-likeness (QED) is 0.446. The van der Waals surface area contributed by atoms with E-state index in [-0.39, 0.29) is 17.4 Å². The third-order valence-corrected chi connectivity index (χ3v) is 5.86. The molecular formula is C25H19F2N3O2. The first-order valence-electron chi connectivity index (χ1n) is 10.3. The number of benzene rings is 3. The van der Waals surface area contributed by atoms with E-state index in [1.807, 2.05) is 42.5 Å². The van der Waals surface area contributed by atoms with Crippen molar-refractivity contribution in [3.63, 3.8) is 0 Å². The summed E-state index contributed by atoms with van der Waals surface area (Å²) in [7, 11) is 0. The Morgan fingerprint density at radius 2 is 1.44 bits per heavy atom. The van der Waals surface area contributed by atoms with Crippen LogP contribution in [0.2, 0.25) is 0 Å². The zero-order chi connectivity index (χ0) is 22.2. The number of aromatic nitrogens is 1. The van der Waals surface area contributed by atoms with Crippen LogP contribution in [0.3, 0.4) is 0 Å². The fourth-order valence-electron chi connectivity index (χ4n) is 4.19. The lowest BCUT2D eigenvalue weighted by Gasteiger charge is -2.35. The van der Waals surface area contributed by atoms with Gasteiger partial charge >= 0.3 is 0 Å². The second-order valence-corrected chi connectivity index (χ2v) is 7.76. The van der Waals surface area contributed by atoms with Gasteiger partial charge in [0, 0.05) is 43.3 Å². The van der Waals surface area contributed by atoms with Gasteiger partial charge in [0.15, 0.2) is 11.6 Å². The summed E-state index contributed by atoms with van der Waals surface area (Å²) in [5, 5.41) is 2.92. The molecule has 7 heteroatoms. The Hall–Kier alpha value is -3.87.